The molecule has 2 atom stereocenters. The van der Waals surface area contributed by atoms with Crippen molar-refractivity contribution in [1.29, 1.82) is 0 Å². The molecule has 2 aromatic rings. The van der Waals surface area contributed by atoms with Crippen LogP contribution in [-0.2, 0) is 0 Å². The van der Waals surface area contributed by atoms with Crippen molar-refractivity contribution in [2.24, 2.45) is 5.73 Å². The molecule has 0 aliphatic heterocycles. The Hall–Kier alpha value is -2.00. The minimum absolute atomic E-state index is 0.118. The molecule has 2 aromatic carbocycles. The Morgan fingerprint density at radius 2 is 1.63 bits per heavy atom. The molecule has 0 aromatic heterocycles. The van der Waals surface area contributed by atoms with Gasteiger partial charge in [0.05, 0.1) is 7.11 Å². The van der Waals surface area contributed by atoms with Crippen molar-refractivity contribution in [1.82, 2.24) is 0 Å². The van der Waals surface area contributed by atoms with Crippen molar-refractivity contribution in [2.45, 2.75) is 19.1 Å². The highest BCUT2D eigenvalue weighted by Gasteiger charge is 2.18. The molecule has 0 amide bonds. The summed E-state index contributed by atoms with van der Waals surface area (Å²) < 4.78 is 11.2. The lowest BCUT2D eigenvalue weighted by Crippen LogP contribution is -2.29. The number of rotatable bonds is 5. The van der Waals surface area contributed by atoms with E-state index in [0.717, 1.165) is 17.1 Å². The van der Waals surface area contributed by atoms with Gasteiger partial charge in [-0.2, -0.15) is 0 Å². The smallest absolute Gasteiger partial charge is 0.139 e. The van der Waals surface area contributed by atoms with E-state index in [9.17, 15) is 0 Å². The maximum atomic E-state index is 6.04. The summed E-state index contributed by atoms with van der Waals surface area (Å²) in [5.74, 6) is 1.62. The van der Waals surface area contributed by atoms with Crippen LogP contribution in [0.25, 0.3) is 0 Å². The standard InChI is InChI=1S/C16H19NO2/c1-12(17)16(19-14-8-4-3-5-9-14)13-7-6-10-15(11-13)18-2/h3-12,16H,17H2,1-2H3. The Labute approximate surface area is 114 Å². The summed E-state index contributed by atoms with van der Waals surface area (Å²) in [5.41, 5.74) is 7.05. The van der Waals surface area contributed by atoms with Crippen LogP contribution in [0.5, 0.6) is 11.5 Å². The summed E-state index contributed by atoms with van der Waals surface area (Å²) in [6.07, 6.45) is -0.197. The fraction of sp³-hybridized carbons (Fsp3) is 0.250. The SMILES string of the molecule is COc1cccc(C(Oc2ccccc2)C(C)N)c1. The van der Waals surface area contributed by atoms with Gasteiger partial charge in [-0.1, -0.05) is 30.3 Å². The number of hydrogen-bond acceptors (Lipinski definition) is 3. The second kappa shape index (κ2) is 6.25. The van der Waals surface area contributed by atoms with Crippen LogP contribution >= 0.6 is 0 Å². The first-order valence-corrected chi connectivity index (χ1v) is 6.32. The van der Waals surface area contributed by atoms with Gasteiger partial charge >= 0.3 is 0 Å². The van der Waals surface area contributed by atoms with Crippen molar-refractivity contribution in [2.75, 3.05) is 7.11 Å². The highest BCUT2D eigenvalue weighted by atomic mass is 16.5. The maximum absolute atomic E-state index is 6.04. The van der Waals surface area contributed by atoms with Crippen LogP contribution in [0.15, 0.2) is 54.6 Å². The molecule has 19 heavy (non-hydrogen) atoms. The van der Waals surface area contributed by atoms with E-state index in [0.29, 0.717) is 0 Å². The lowest BCUT2D eigenvalue weighted by Gasteiger charge is -2.23. The van der Waals surface area contributed by atoms with Gasteiger partial charge in [-0.15, -0.1) is 0 Å². The first-order valence-electron chi connectivity index (χ1n) is 6.32. The van der Waals surface area contributed by atoms with Gasteiger partial charge in [0.15, 0.2) is 0 Å². The highest BCUT2D eigenvalue weighted by molar-refractivity contribution is 5.32. The molecule has 2 unspecified atom stereocenters. The summed E-state index contributed by atoms with van der Waals surface area (Å²) in [6.45, 7) is 1.94. The normalized spacial score (nSPS) is 13.6. The van der Waals surface area contributed by atoms with Crippen molar-refractivity contribution >= 4 is 0 Å². The zero-order chi connectivity index (χ0) is 13.7. The van der Waals surface area contributed by atoms with Crippen molar-refractivity contribution in [3.8, 4) is 11.5 Å². The number of hydrogen-bond donors (Lipinski definition) is 1. The molecule has 3 heteroatoms. The molecule has 0 spiro atoms. The molecule has 0 aliphatic rings. The molecule has 3 nitrogen and oxygen atoms in total. The minimum atomic E-state index is -0.197. The van der Waals surface area contributed by atoms with Crippen molar-refractivity contribution < 1.29 is 9.47 Å². The van der Waals surface area contributed by atoms with Crippen molar-refractivity contribution in [3.63, 3.8) is 0 Å². The Morgan fingerprint density at radius 1 is 0.947 bits per heavy atom. The summed E-state index contributed by atoms with van der Waals surface area (Å²) in [4.78, 5) is 0. The van der Waals surface area contributed by atoms with Crippen LogP contribution in [0, 0.1) is 0 Å². The lowest BCUT2D eigenvalue weighted by molar-refractivity contribution is 0.180. The van der Waals surface area contributed by atoms with Crippen LogP contribution in [0.4, 0.5) is 0 Å². The number of benzene rings is 2. The second-order valence-corrected chi connectivity index (χ2v) is 4.49. The molecule has 0 bridgehead atoms. The number of nitrogens with two attached hydrogens (primary N) is 1. The Balaban J connectivity index is 2.24. The second-order valence-electron chi connectivity index (χ2n) is 4.49. The lowest BCUT2D eigenvalue weighted by atomic mass is 10.0. The minimum Gasteiger partial charge on any atom is -0.497 e. The van der Waals surface area contributed by atoms with Gasteiger partial charge in [-0.3, -0.25) is 0 Å². The van der Waals surface area contributed by atoms with Gasteiger partial charge in [-0.25, -0.2) is 0 Å². The molecule has 2 N–H and O–H groups in total. The largest absolute Gasteiger partial charge is 0.497 e. The topological polar surface area (TPSA) is 44.5 Å². The van der Waals surface area contributed by atoms with Gasteiger partial charge in [0.25, 0.3) is 0 Å². The first-order chi connectivity index (χ1) is 9.20. The zero-order valence-corrected chi connectivity index (χ0v) is 11.2. The molecule has 100 valence electrons. The number of methoxy groups -OCH3 is 1. The number of para-hydroxylation sites is 1. The van der Waals surface area contributed by atoms with Gasteiger partial charge < -0.3 is 15.2 Å². The van der Waals surface area contributed by atoms with Crippen molar-refractivity contribution in [3.05, 3.63) is 60.2 Å². The Morgan fingerprint density at radius 3 is 2.26 bits per heavy atom. The fourth-order valence-corrected chi connectivity index (χ4v) is 1.94. The quantitative estimate of drug-likeness (QED) is 0.894. The van der Waals surface area contributed by atoms with Crippen LogP contribution in [0.3, 0.4) is 0 Å². The molecular formula is C16H19NO2. The predicted molar refractivity (Wildman–Crippen MR) is 76.5 cm³/mol. The monoisotopic (exact) mass is 257 g/mol. The zero-order valence-electron chi connectivity index (χ0n) is 11.2. The van der Waals surface area contributed by atoms with Crippen LogP contribution in [0.2, 0.25) is 0 Å². The van der Waals surface area contributed by atoms with Gasteiger partial charge in [-0.05, 0) is 36.8 Å². The number of ether oxygens (including phenoxy) is 2. The molecule has 0 saturated carbocycles. The fourth-order valence-electron chi connectivity index (χ4n) is 1.94. The third-order valence-corrected chi connectivity index (χ3v) is 2.91. The molecule has 0 fully saturated rings. The van der Waals surface area contributed by atoms with Gasteiger partial charge in [0.2, 0.25) is 0 Å². The summed E-state index contributed by atoms with van der Waals surface area (Å²) >= 11 is 0. The van der Waals surface area contributed by atoms with E-state index in [2.05, 4.69) is 0 Å². The Bertz CT molecular complexity index is 511. The van der Waals surface area contributed by atoms with E-state index in [1.807, 2.05) is 61.5 Å². The van der Waals surface area contributed by atoms with Crippen LogP contribution in [-0.4, -0.2) is 13.2 Å². The summed E-state index contributed by atoms with van der Waals surface area (Å²) in [7, 11) is 1.65. The maximum Gasteiger partial charge on any atom is 0.139 e. The van der Waals surface area contributed by atoms with E-state index in [1.54, 1.807) is 7.11 Å². The van der Waals surface area contributed by atoms with E-state index in [-0.39, 0.29) is 12.1 Å². The average molecular weight is 257 g/mol. The van der Waals surface area contributed by atoms with Crippen LogP contribution in [0.1, 0.15) is 18.6 Å². The molecule has 0 saturated heterocycles. The third kappa shape index (κ3) is 3.48. The van der Waals surface area contributed by atoms with Gasteiger partial charge in [0.1, 0.15) is 17.6 Å². The van der Waals surface area contributed by atoms with E-state index in [1.165, 1.54) is 0 Å². The summed E-state index contributed by atoms with van der Waals surface area (Å²) in [6, 6.07) is 17.4. The highest BCUT2D eigenvalue weighted by Crippen LogP contribution is 2.26. The molecule has 0 radical (unpaired) electrons. The van der Waals surface area contributed by atoms with E-state index in [4.69, 9.17) is 15.2 Å². The Kier molecular flexibility index (Phi) is 4.42. The van der Waals surface area contributed by atoms with E-state index < -0.39 is 0 Å². The molecule has 0 heterocycles. The molecule has 0 aliphatic carbocycles. The van der Waals surface area contributed by atoms with Gasteiger partial charge in [0, 0.05) is 6.04 Å². The molecule has 2 rings (SSSR count). The summed E-state index contributed by atoms with van der Waals surface area (Å²) in [5, 5.41) is 0. The average Bonchev–Trinajstić information content (AvgIpc) is 2.45. The predicted octanol–water partition coefficient (Wildman–Crippen LogP) is 3.16. The third-order valence-electron chi connectivity index (χ3n) is 2.91. The molecular weight excluding hydrogens is 238 g/mol. The van der Waals surface area contributed by atoms with Crippen LogP contribution < -0.4 is 15.2 Å². The van der Waals surface area contributed by atoms with E-state index >= 15 is 0 Å². The first kappa shape index (κ1) is 13.4.